The second-order valence-corrected chi connectivity index (χ2v) is 6.31. The van der Waals surface area contributed by atoms with Crippen LogP contribution in [0.15, 0.2) is 24.3 Å². The summed E-state index contributed by atoms with van der Waals surface area (Å²) in [6.45, 7) is 2.36. The Bertz CT molecular complexity index is 408. The highest BCUT2D eigenvalue weighted by molar-refractivity contribution is 6.31. The number of hydrogen-bond donors (Lipinski definition) is 2. The Morgan fingerprint density at radius 3 is 2.81 bits per heavy atom. The predicted octanol–water partition coefficient (Wildman–Crippen LogP) is 3.39. The van der Waals surface area contributed by atoms with Crippen molar-refractivity contribution in [1.82, 2.24) is 5.32 Å². The monoisotopic (exact) mass is 311 g/mol. The van der Waals surface area contributed by atoms with Crippen LogP contribution in [-0.4, -0.2) is 30.9 Å². The van der Waals surface area contributed by atoms with Crippen LogP contribution in [0.4, 0.5) is 0 Å². The van der Waals surface area contributed by atoms with Gasteiger partial charge < -0.3 is 15.2 Å². The first kappa shape index (κ1) is 16.8. The van der Waals surface area contributed by atoms with Gasteiger partial charge in [0.15, 0.2) is 0 Å². The average molecular weight is 312 g/mol. The summed E-state index contributed by atoms with van der Waals surface area (Å²) in [4.78, 5) is 0. The second-order valence-electron chi connectivity index (χ2n) is 5.90. The smallest absolute Gasteiger partial charge is 0.0897 e. The third kappa shape index (κ3) is 6.35. The van der Waals surface area contributed by atoms with Gasteiger partial charge in [-0.15, -0.1) is 0 Å². The van der Waals surface area contributed by atoms with Crippen LogP contribution in [0.1, 0.15) is 37.7 Å². The highest BCUT2D eigenvalue weighted by atomic mass is 35.5. The summed E-state index contributed by atoms with van der Waals surface area (Å²) in [5.41, 5.74) is 0.959. The zero-order valence-electron chi connectivity index (χ0n) is 12.6. The Kier molecular flexibility index (Phi) is 7.51. The highest BCUT2D eigenvalue weighted by Gasteiger charge is 2.14. The van der Waals surface area contributed by atoms with Crippen LogP contribution in [0.2, 0.25) is 5.02 Å². The topological polar surface area (TPSA) is 41.5 Å². The van der Waals surface area contributed by atoms with Crippen molar-refractivity contribution in [3.05, 3.63) is 34.9 Å². The molecule has 0 aromatic heterocycles. The van der Waals surface area contributed by atoms with Crippen LogP contribution >= 0.6 is 11.6 Å². The van der Waals surface area contributed by atoms with Gasteiger partial charge in [0, 0.05) is 11.6 Å². The fourth-order valence-corrected chi connectivity index (χ4v) is 3.04. The van der Waals surface area contributed by atoms with E-state index in [1.807, 2.05) is 24.3 Å². The van der Waals surface area contributed by atoms with Gasteiger partial charge in [-0.1, -0.05) is 55.5 Å². The van der Waals surface area contributed by atoms with Gasteiger partial charge in [0.1, 0.15) is 0 Å². The number of nitrogens with one attached hydrogen (secondary N) is 1. The molecule has 4 heteroatoms. The highest BCUT2D eigenvalue weighted by Crippen LogP contribution is 2.26. The molecule has 3 nitrogen and oxygen atoms in total. The van der Waals surface area contributed by atoms with Crippen molar-refractivity contribution in [3.8, 4) is 0 Å². The Hall–Kier alpha value is -0.610. The minimum atomic E-state index is -0.462. The van der Waals surface area contributed by atoms with E-state index < -0.39 is 6.10 Å². The molecule has 0 aliphatic heterocycles. The standard InChI is InChI=1S/C17H26ClNO2/c18-17-8-4-3-7-15(17)12-21-13-16(20)11-19-10-9-14-5-1-2-6-14/h3-4,7-8,14,16,19-20H,1-2,5-6,9-13H2. The summed E-state index contributed by atoms with van der Waals surface area (Å²) in [6.07, 6.45) is 6.31. The first-order valence-corrected chi connectivity index (χ1v) is 8.33. The van der Waals surface area contributed by atoms with Gasteiger partial charge in [0.25, 0.3) is 0 Å². The van der Waals surface area contributed by atoms with Crippen LogP contribution in [0.5, 0.6) is 0 Å². The van der Waals surface area contributed by atoms with Crippen molar-refractivity contribution in [2.75, 3.05) is 19.7 Å². The van der Waals surface area contributed by atoms with E-state index in [1.54, 1.807) is 0 Å². The molecule has 1 atom stereocenters. The van der Waals surface area contributed by atoms with Crippen LogP contribution in [0.3, 0.4) is 0 Å². The summed E-state index contributed by atoms with van der Waals surface area (Å²) in [5.74, 6) is 0.895. The van der Waals surface area contributed by atoms with Crippen molar-refractivity contribution in [2.45, 2.75) is 44.8 Å². The predicted molar refractivity (Wildman–Crippen MR) is 86.6 cm³/mol. The molecule has 118 valence electrons. The molecular formula is C17H26ClNO2. The summed E-state index contributed by atoms with van der Waals surface area (Å²) < 4.78 is 5.52. The van der Waals surface area contributed by atoms with E-state index in [4.69, 9.17) is 16.3 Å². The minimum Gasteiger partial charge on any atom is -0.389 e. The van der Waals surface area contributed by atoms with Gasteiger partial charge in [-0.25, -0.2) is 0 Å². The molecule has 1 fully saturated rings. The normalized spacial score (nSPS) is 17.2. The lowest BCUT2D eigenvalue weighted by atomic mass is 10.0. The van der Waals surface area contributed by atoms with E-state index in [2.05, 4.69) is 5.32 Å². The van der Waals surface area contributed by atoms with Crippen molar-refractivity contribution >= 4 is 11.6 Å². The van der Waals surface area contributed by atoms with E-state index in [9.17, 15) is 5.11 Å². The summed E-state index contributed by atoms with van der Waals surface area (Å²) in [5, 5.41) is 13.9. The number of benzene rings is 1. The maximum atomic E-state index is 9.87. The third-order valence-corrected chi connectivity index (χ3v) is 4.48. The van der Waals surface area contributed by atoms with Crippen LogP contribution in [0.25, 0.3) is 0 Å². The van der Waals surface area contributed by atoms with E-state index in [0.717, 1.165) is 18.0 Å². The second kappa shape index (κ2) is 9.42. The SMILES string of the molecule is OC(CNCCC1CCCC1)COCc1ccccc1Cl. The molecule has 0 spiro atoms. The lowest BCUT2D eigenvalue weighted by Gasteiger charge is -2.14. The molecule has 0 saturated heterocycles. The molecule has 1 aliphatic carbocycles. The molecule has 21 heavy (non-hydrogen) atoms. The fourth-order valence-electron chi connectivity index (χ4n) is 2.85. The number of halogens is 1. The van der Waals surface area contributed by atoms with Gasteiger partial charge in [-0.2, -0.15) is 0 Å². The Morgan fingerprint density at radius 1 is 1.29 bits per heavy atom. The molecule has 1 unspecified atom stereocenters. The molecule has 0 amide bonds. The maximum absolute atomic E-state index is 9.87. The molecule has 0 heterocycles. The zero-order chi connectivity index (χ0) is 14.9. The number of aliphatic hydroxyl groups excluding tert-OH is 1. The molecule has 1 aromatic carbocycles. The van der Waals surface area contributed by atoms with Crippen LogP contribution in [0, 0.1) is 5.92 Å². The van der Waals surface area contributed by atoms with Crippen LogP contribution < -0.4 is 5.32 Å². The van der Waals surface area contributed by atoms with Gasteiger partial charge >= 0.3 is 0 Å². The Balaban J connectivity index is 1.51. The Morgan fingerprint density at radius 2 is 2.05 bits per heavy atom. The van der Waals surface area contributed by atoms with Crippen molar-refractivity contribution in [1.29, 1.82) is 0 Å². The summed E-state index contributed by atoms with van der Waals surface area (Å²) in [7, 11) is 0. The molecule has 2 N–H and O–H groups in total. The minimum absolute atomic E-state index is 0.335. The number of ether oxygens (including phenoxy) is 1. The molecule has 1 aromatic rings. The largest absolute Gasteiger partial charge is 0.389 e. The lowest BCUT2D eigenvalue weighted by Crippen LogP contribution is -2.31. The number of hydrogen-bond acceptors (Lipinski definition) is 3. The summed E-state index contributed by atoms with van der Waals surface area (Å²) >= 11 is 6.05. The van der Waals surface area contributed by atoms with Gasteiger partial charge in [0.05, 0.1) is 19.3 Å². The fraction of sp³-hybridized carbons (Fsp3) is 0.647. The quantitative estimate of drug-likeness (QED) is 0.687. The van der Waals surface area contributed by atoms with E-state index in [-0.39, 0.29) is 0 Å². The van der Waals surface area contributed by atoms with Crippen LogP contribution in [-0.2, 0) is 11.3 Å². The Labute approximate surface area is 132 Å². The third-order valence-electron chi connectivity index (χ3n) is 4.11. The molecule has 0 bridgehead atoms. The number of rotatable bonds is 9. The first-order chi connectivity index (χ1) is 10.3. The van der Waals surface area contributed by atoms with Gasteiger partial charge in [-0.3, -0.25) is 0 Å². The molecular weight excluding hydrogens is 286 g/mol. The number of aliphatic hydroxyl groups is 1. The van der Waals surface area contributed by atoms with E-state index in [0.29, 0.717) is 24.8 Å². The molecule has 0 radical (unpaired) electrons. The van der Waals surface area contributed by atoms with Crippen molar-refractivity contribution in [2.24, 2.45) is 5.92 Å². The van der Waals surface area contributed by atoms with E-state index in [1.165, 1.54) is 32.1 Å². The zero-order valence-corrected chi connectivity index (χ0v) is 13.3. The van der Waals surface area contributed by atoms with Crippen molar-refractivity contribution < 1.29 is 9.84 Å². The lowest BCUT2D eigenvalue weighted by molar-refractivity contribution is 0.0288. The molecule has 1 aliphatic rings. The molecule has 2 rings (SSSR count). The maximum Gasteiger partial charge on any atom is 0.0897 e. The van der Waals surface area contributed by atoms with Gasteiger partial charge in [0.2, 0.25) is 0 Å². The summed E-state index contributed by atoms with van der Waals surface area (Å²) in [6, 6.07) is 7.62. The molecule has 1 saturated carbocycles. The van der Waals surface area contributed by atoms with Crippen molar-refractivity contribution in [3.63, 3.8) is 0 Å². The average Bonchev–Trinajstić information content (AvgIpc) is 2.99. The first-order valence-electron chi connectivity index (χ1n) is 7.95. The van der Waals surface area contributed by atoms with E-state index >= 15 is 0 Å². The van der Waals surface area contributed by atoms with Gasteiger partial charge in [-0.05, 0) is 30.5 Å².